The summed E-state index contributed by atoms with van der Waals surface area (Å²) in [5.41, 5.74) is 3.33. The summed E-state index contributed by atoms with van der Waals surface area (Å²) in [6.07, 6.45) is 3.38. The van der Waals surface area contributed by atoms with Crippen LogP contribution in [0.25, 0.3) is 11.1 Å². The normalized spacial score (nSPS) is 23.1. The molecule has 1 amide bonds. The number of anilines is 2. The van der Waals surface area contributed by atoms with Crippen LogP contribution in [0.3, 0.4) is 0 Å². The molecule has 3 fully saturated rings. The number of nitrogens with one attached hydrogen (secondary N) is 2. The average Bonchev–Trinajstić information content (AvgIpc) is 2.69. The van der Waals surface area contributed by atoms with E-state index < -0.39 is 10.0 Å². The van der Waals surface area contributed by atoms with Crippen LogP contribution < -0.4 is 10.0 Å². The van der Waals surface area contributed by atoms with Crippen LogP contribution in [0.15, 0.2) is 48.5 Å². The lowest BCUT2D eigenvalue weighted by Crippen LogP contribution is -2.51. The van der Waals surface area contributed by atoms with Gasteiger partial charge in [0, 0.05) is 17.9 Å². The van der Waals surface area contributed by atoms with E-state index in [4.69, 9.17) is 0 Å². The van der Waals surface area contributed by atoms with Crippen LogP contribution in [-0.4, -0.2) is 45.1 Å². The molecule has 0 spiro atoms. The molecule has 2 N–H and O–H groups in total. The van der Waals surface area contributed by atoms with E-state index in [1.54, 1.807) is 12.1 Å². The molecule has 2 aromatic rings. The Balaban J connectivity index is 0.00000240. The van der Waals surface area contributed by atoms with Crippen LogP contribution in [0.4, 0.5) is 11.4 Å². The Kier molecular flexibility index (Phi) is 6.51. The second-order valence-electron chi connectivity index (χ2n) is 7.76. The van der Waals surface area contributed by atoms with Gasteiger partial charge >= 0.3 is 0 Å². The maximum atomic E-state index is 12.7. The summed E-state index contributed by atoms with van der Waals surface area (Å²) in [7, 11) is -3.28. The Morgan fingerprint density at radius 3 is 1.90 bits per heavy atom. The van der Waals surface area contributed by atoms with E-state index in [2.05, 4.69) is 14.9 Å². The lowest BCUT2D eigenvalue weighted by molar-refractivity contribution is -0.125. The number of hydrogen-bond donors (Lipinski definition) is 2. The van der Waals surface area contributed by atoms with Crippen molar-refractivity contribution >= 4 is 39.7 Å². The van der Waals surface area contributed by atoms with Crippen molar-refractivity contribution in [3.8, 4) is 11.1 Å². The first-order valence-electron chi connectivity index (χ1n) is 9.59. The molecule has 2 bridgehead atoms. The van der Waals surface area contributed by atoms with Gasteiger partial charge in [-0.05, 0) is 67.2 Å². The van der Waals surface area contributed by atoms with Crippen molar-refractivity contribution in [3.63, 3.8) is 0 Å². The van der Waals surface area contributed by atoms with Gasteiger partial charge in [-0.1, -0.05) is 24.3 Å². The predicted molar refractivity (Wildman–Crippen MR) is 119 cm³/mol. The topological polar surface area (TPSA) is 78.5 Å². The zero-order chi connectivity index (χ0) is 19.7. The van der Waals surface area contributed by atoms with Crippen molar-refractivity contribution in [1.29, 1.82) is 0 Å². The number of sulfonamides is 1. The van der Waals surface area contributed by atoms with Crippen LogP contribution in [-0.2, 0) is 14.8 Å². The third kappa shape index (κ3) is 5.29. The van der Waals surface area contributed by atoms with Crippen molar-refractivity contribution in [2.24, 2.45) is 11.8 Å². The molecule has 3 heterocycles. The number of fused-ring (bicyclic) bond motifs is 3. The van der Waals surface area contributed by atoms with Crippen LogP contribution in [0, 0.1) is 11.8 Å². The van der Waals surface area contributed by atoms with E-state index in [1.807, 2.05) is 36.4 Å². The molecule has 0 aromatic heterocycles. The molecule has 156 valence electrons. The molecule has 0 saturated carbocycles. The van der Waals surface area contributed by atoms with Crippen molar-refractivity contribution in [2.75, 3.05) is 35.9 Å². The summed E-state index contributed by atoms with van der Waals surface area (Å²) in [5.74, 6) is 0.735. The minimum atomic E-state index is -3.28. The molecule has 6 nitrogen and oxygen atoms in total. The van der Waals surface area contributed by atoms with Gasteiger partial charge in [0.15, 0.2) is 0 Å². The minimum Gasteiger partial charge on any atom is -0.326 e. The highest BCUT2D eigenvalue weighted by atomic mass is 35.5. The highest BCUT2D eigenvalue weighted by Gasteiger charge is 2.38. The monoisotopic (exact) mass is 435 g/mol. The van der Waals surface area contributed by atoms with Crippen LogP contribution in [0.1, 0.15) is 12.8 Å². The summed E-state index contributed by atoms with van der Waals surface area (Å²) in [6, 6.07) is 15.0. The first-order valence-corrected chi connectivity index (χ1v) is 11.5. The molecule has 8 heteroatoms. The third-order valence-electron chi connectivity index (χ3n) is 5.67. The molecule has 0 radical (unpaired) electrons. The SMILES string of the molecule is CS(=O)(=O)Nc1ccc(-c2ccc(NC(=O)C3CN4CCC3CC4)cc2)cc1.Cl. The van der Waals surface area contributed by atoms with Gasteiger partial charge in [-0.25, -0.2) is 8.42 Å². The Bertz CT molecular complexity index is 954. The lowest BCUT2D eigenvalue weighted by atomic mass is 9.78. The standard InChI is InChI=1S/C21H25N3O3S.ClH/c1-28(26,27)23-19-8-4-16(5-9-19)15-2-6-18(7-3-15)22-21(25)20-14-24-12-10-17(20)11-13-24;/h2-9,17,20,23H,10-14H2,1H3,(H,22,25);1H. The number of nitrogens with zero attached hydrogens (tertiary/aromatic N) is 1. The number of hydrogen-bond acceptors (Lipinski definition) is 4. The van der Waals surface area contributed by atoms with E-state index in [0.717, 1.165) is 55.5 Å². The van der Waals surface area contributed by atoms with Crippen molar-refractivity contribution in [3.05, 3.63) is 48.5 Å². The van der Waals surface area contributed by atoms with E-state index in [9.17, 15) is 13.2 Å². The van der Waals surface area contributed by atoms with Crippen molar-refractivity contribution < 1.29 is 13.2 Å². The van der Waals surface area contributed by atoms with Gasteiger partial charge in [0.25, 0.3) is 0 Å². The number of halogens is 1. The predicted octanol–water partition coefficient (Wildman–Crippen LogP) is 3.43. The smallest absolute Gasteiger partial charge is 0.229 e. The van der Waals surface area contributed by atoms with Crippen LogP contribution >= 0.6 is 12.4 Å². The third-order valence-corrected chi connectivity index (χ3v) is 6.27. The number of rotatable bonds is 5. The molecule has 5 rings (SSSR count). The van der Waals surface area contributed by atoms with Crippen LogP contribution in [0.2, 0.25) is 0 Å². The maximum Gasteiger partial charge on any atom is 0.229 e. The largest absolute Gasteiger partial charge is 0.326 e. The van der Waals surface area contributed by atoms with Gasteiger partial charge in [0.1, 0.15) is 0 Å². The van der Waals surface area contributed by atoms with Gasteiger partial charge in [0.2, 0.25) is 15.9 Å². The van der Waals surface area contributed by atoms with Crippen molar-refractivity contribution in [2.45, 2.75) is 12.8 Å². The van der Waals surface area contributed by atoms with Gasteiger partial charge in [-0.15, -0.1) is 12.4 Å². The number of piperidine rings is 3. The average molecular weight is 436 g/mol. The minimum absolute atomic E-state index is 0. The van der Waals surface area contributed by atoms with E-state index in [0.29, 0.717) is 11.6 Å². The fourth-order valence-corrected chi connectivity index (χ4v) is 4.75. The first kappa shape index (κ1) is 21.6. The first-order chi connectivity index (χ1) is 13.4. The lowest BCUT2D eigenvalue weighted by Gasteiger charge is -2.43. The molecular formula is C21H26ClN3O3S. The number of carbonyl (C=O) groups is 1. The summed E-state index contributed by atoms with van der Waals surface area (Å²) in [4.78, 5) is 15.1. The zero-order valence-corrected chi connectivity index (χ0v) is 17.9. The zero-order valence-electron chi connectivity index (χ0n) is 16.3. The molecular weight excluding hydrogens is 410 g/mol. The van der Waals surface area contributed by atoms with Gasteiger partial charge in [-0.2, -0.15) is 0 Å². The molecule has 2 aromatic carbocycles. The highest BCUT2D eigenvalue weighted by Crippen LogP contribution is 2.33. The maximum absolute atomic E-state index is 12.7. The number of amides is 1. The fraction of sp³-hybridized carbons (Fsp3) is 0.381. The quantitative estimate of drug-likeness (QED) is 0.754. The summed E-state index contributed by atoms with van der Waals surface area (Å²) in [6.45, 7) is 3.13. The molecule has 1 atom stereocenters. The van der Waals surface area contributed by atoms with E-state index in [-0.39, 0.29) is 24.2 Å². The fourth-order valence-electron chi connectivity index (χ4n) is 4.19. The Morgan fingerprint density at radius 1 is 0.931 bits per heavy atom. The molecule has 3 aliphatic rings. The molecule has 29 heavy (non-hydrogen) atoms. The Morgan fingerprint density at radius 2 is 1.45 bits per heavy atom. The van der Waals surface area contributed by atoms with Crippen LogP contribution in [0.5, 0.6) is 0 Å². The molecule has 1 unspecified atom stereocenters. The van der Waals surface area contributed by atoms with Crippen molar-refractivity contribution in [1.82, 2.24) is 4.90 Å². The number of carbonyl (C=O) groups excluding carboxylic acids is 1. The Hall–Kier alpha value is -2.09. The summed E-state index contributed by atoms with van der Waals surface area (Å²) < 4.78 is 25.0. The molecule has 3 saturated heterocycles. The number of benzene rings is 2. The molecule has 0 aliphatic carbocycles. The highest BCUT2D eigenvalue weighted by molar-refractivity contribution is 7.92. The van der Waals surface area contributed by atoms with E-state index in [1.165, 1.54) is 0 Å². The molecule has 3 aliphatic heterocycles. The summed E-state index contributed by atoms with van der Waals surface area (Å²) >= 11 is 0. The van der Waals surface area contributed by atoms with E-state index >= 15 is 0 Å². The van der Waals surface area contributed by atoms with Gasteiger partial charge < -0.3 is 10.2 Å². The van der Waals surface area contributed by atoms with Gasteiger partial charge in [-0.3, -0.25) is 9.52 Å². The van der Waals surface area contributed by atoms with Gasteiger partial charge in [0.05, 0.1) is 12.2 Å². The second kappa shape index (κ2) is 8.73. The summed E-state index contributed by atoms with van der Waals surface area (Å²) in [5, 5.41) is 3.07. The Labute approximate surface area is 178 Å². The second-order valence-corrected chi connectivity index (χ2v) is 9.51.